The van der Waals surface area contributed by atoms with E-state index in [-0.39, 0.29) is 0 Å². The minimum atomic E-state index is -0.756. The molecular formula is C15H18O2. The second kappa shape index (κ2) is 4.38. The summed E-state index contributed by atoms with van der Waals surface area (Å²) >= 11 is 0. The number of benzene rings is 2. The molecule has 0 aliphatic carbocycles. The van der Waals surface area contributed by atoms with Gasteiger partial charge in [-0.2, -0.15) is 0 Å². The maximum atomic E-state index is 10.2. The summed E-state index contributed by atoms with van der Waals surface area (Å²) in [6.07, 6.45) is 0.703. The zero-order valence-electron chi connectivity index (χ0n) is 10.5. The summed E-state index contributed by atoms with van der Waals surface area (Å²) in [6.45, 7) is 3.83. The Bertz CT molecular complexity index is 529. The topological polar surface area (TPSA) is 29.5 Å². The summed E-state index contributed by atoms with van der Waals surface area (Å²) in [5.41, 5.74) is 0.200. The molecule has 0 amide bonds. The third-order valence-corrected chi connectivity index (χ3v) is 3.36. The van der Waals surface area contributed by atoms with Crippen LogP contribution in [0.2, 0.25) is 0 Å². The minimum absolute atomic E-state index is 0.703. The van der Waals surface area contributed by atoms with E-state index in [1.807, 2.05) is 50.2 Å². The van der Waals surface area contributed by atoms with E-state index in [0.717, 1.165) is 22.1 Å². The SMILES string of the molecule is CC[C@@](C)(O)c1ccc2cc(OC)ccc2c1. The first-order valence-corrected chi connectivity index (χ1v) is 5.87. The van der Waals surface area contributed by atoms with Crippen LogP contribution >= 0.6 is 0 Å². The van der Waals surface area contributed by atoms with Gasteiger partial charge in [-0.25, -0.2) is 0 Å². The molecule has 1 N–H and O–H groups in total. The standard InChI is InChI=1S/C15H18O2/c1-4-15(2,16)13-7-5-12-10-14(17-3)8-6-11(12)9-13/h5-10,16H,4H2,1-3H3/t15-/m1/s1. The lowest BCUT2D eigenvalue weighted by molar-refractivity contribution is 0.0532. The summed E-state index contributed by atoms with van der Waals surface area (Å²) in [5, 5.41) is 12.5. The Labute approximate surface area is 102 Å². The van der Waals surface area contributed by atoms with Crippen LogP contribution in [0, 0.1) is 0 Å². The van der Waals surface area contributed by atoms with Crippen molar-refractivity contribution in [3.63, 3.8) is 0 Å². The van der Waals surface area contributed by atoms with Crippen LogP contribution in [0.5, 0.6) is 5.75 Å². The number of hydrogen-bond acceptors (Lipinski definition) is 2. The molecule has 2 heteroatoms. The average molecular weight is 230 g/mol. The van der Waals surface area contributed by atoms with E-state index in [9.17, 15) is 5.11 Å². The molecule has 2 aromatic carbocycles. The Hall–Kier alpha value is -1.54. The predicted molar refractivity (Wildman–Crippen MR) is 70.4 cm³/mol. The summed E-state index contributed by atoms with van der Waals surface area (Å²) in [4.78, 5) is 0. The van der Waals surface area contributed by atoms with Crippen LogP contribution in [0.15, 0.2) is 36.4 Å². The number of rotatable bonds is 3. The Morgan fingerprint density at radius 3 is 2.41 bits per heavy atom. The molecule has 0 unspecified atom stereocenters. The molecule has 2 rings (SSSR count). The number of aliphatic hydroxyl groups is 1. The number of methoxy groups -OCH3 is 1. The smallest absolute Gasteiger partial charge is 0.119 e. The molecule has 0 saturated carbocycles. The van der Waals surface area contributed by atoms with Gasteiger partial charge in [-0.1, -0.05) is 25.1 Å². The molecule has 90 valence electrons. The van der Waals surface area contributed by atoms with Gasteiger partial charge in [0.05, 0.1) is 12.7 Å². The highest BCUT2D eigenvalue weighted by Crippen LogP contribution is 2.28. The van der Waals surface area contributed by atoms with Crippen molar-refractivity contribution in [2.45, 2.75) is 25.9 Å². The van der Waals surface area contributed by atoms with Crippen LogP contribution in [0.25, 0.3) is 10.8 Å². The van der Waals surface area contributed by atoms with Crippen LogP contribution in [-0.4, -0.2) is 12.2 Å². The minimum Gasteiger partial charge on any atom is -0.497 e. The highest BCUT2D eigenvalue weighted by atomic mass is 16.5. The fourth-order valence-electron chi connectivity index (χ4n) is 1.89. The van der Waals surface area contributed by atoms with Crippen molar-refractivity contribution in [3.8, 4) is 5.75 Å². The average Bonchev–Trinajstić information content (AvgIpc) is 2.37. The lowest BCUT2D eigenvalue weighted by atomic mass is 9.91. The first-order valence-electron chi connectivity index (χ1n) is 5.87. The fourth-order valence-corrected chi connectivity index (χ4v) is 1.89. The number of ether oxygens (including phenoxy) is 1. The Morgan fingerprint density at radius 2 is 1.76 bits per heavy atom. The summed E-state index contributed by atoms with van der Waals surface area (Å²) in [7, 11) is 1.66. The van der Waals surface area contributed by atoms with Gasteiger partial charge in [0, 0.05) is 0 Å². The molecule has 0 aliphatic rings. The quantitative estimate of drug-likeness (QED) is 0.875. The maximum Gasteiger partial charge on any atom is 0.119 e. The number of hydrogen-bond donors (Lipinski definition) is 1. The van der Waals surface area contributed by atoms with Gasteiger partial charge in [-0.15, -0.1) is 0 Å². The van der Waals surface area contributed by atoms with Gasteiger partial charge in [0.2, 0.25) is 0 Å². The van der Waals surface area contributed by atoms with E-state index in [4.69, 9.17) is 4.74 Å². The monoisotopic (exact) mass is 230 g/mol. The molecule has 0 bridgehead atoms. The van der Waals surface area contributed by atoms with Gasteiger partial charge in [0.1, 0.15) is 5.75 Å². The van der Waals surface area contributed by atoms with Crippen molar-refractivity contribution in [1.82, 2.24) is 0 Å². The van der Waals surface area contributed by atoms with Crippen LogP contribution in [0.4, 0.5) is 0 Å². The molecule has 0 aromatic heterocycles. The highest BCUT2D eigenvalue weighted by Gasteiger charge is 2.20. The van der Waals surface area contributed by atoms with Gasteiger partial charge in [-0.05, 0) is 47.9 Å². The lowest BCUT2D eigenvalue weighted by Crippen LogP contribution is -2.19. The van der Waals surface area contributed by atoms with E-state index in [1.54, 1.807) is 7.11 Å². The van der Waals surface area contributed by atoms with Crippen LogP contribution in [0.1, 0.15) is 25.8 Å². The fraction of sp³-hybridized carbons (Fsp3) is 0.333. The number of fused-ring (bicyclic) bond motifs is 1. The molecule has 0 radical (unpaired) electrons. The largest absolute Gasteiger partial charge is 0.497 e. The van der Waals surface area contributed by atoms with Gasteiger partial charge in [0.25, 0.3) is 0 Å². The van der Waals surface area contributed by atoms with E-state index < -0.39 is 5.60 Å². The molecule has 0 heterocycles. The van der Waals surface area contributed by atoms with Gasteiger partial charge in [0.15, 0.2) is 0 Å². The van der Waals surface area contributed by atoms with Gasteiger partial charge < -0.3 is 9.84 Å². The van der Waals surface area contributed by atoms with Crippen molar-refractivity contribution < 1.29 is 9.84 Å². The summed E-state index contributed by atoms with van der Waals surface area (Å²) in [6, 6.07) is 12.0. The molecule has 17 heavy (non-hydrogen) atoms. The third kappa shape index (κ3) is 2.27. The van der Waals surface area contributed by atoms with Crippen molar-refractivity contribution in [3.05, 3.63) is 42.0 Å². The molecule has 2 aromatic rings. The first kappa shape index (κ1) is 11.9. The Kier molecular flexibility index (Phi) is 3.07. The molecule has 0 saturated heterocycles. The molecule has 0 aliphatic heterocycles. The van der Waals surface area contributed by atoms with Gasteiger partial charge in [-0.3, -0.25) is 0 Å². The summed E-state index contributed by atoms with van der Waals surface area (Å²) < 4.78 is 5.19. The zero-order chi connectivity index (χ0) is 12.5. The summed E-state index contributed by atoms with van der Waals surface area (Å²) in [5.74, 6) is 0.854. The first-order chi connectivity index (χ1) is 8.06. The van der Waals surface area contributed by atoms with Crippen molar-refractivity contribution in [2.24, 2.45) is 0 Å². The molecule has 2 nitrogen and oxygen atoms in total. The van der Waals surface area contributed by atoms with E-state index in [0.29, 0.717) is 6.42 Å². The van der Waals surface area contributed by atoms with Crippen molar-refractivity contribution in [2.75, 3.05) is 7.11 Å². The second-order valence-corrected chi connectivity index (χ2v) is 4.56. The molecular weight excluding hydrogens is 212 g/mol. The normalized spacial score (nSPS) is 14.6. The van der Waals surface area contributed by atoms with Crippen molar-refractivity contribution in [1.29, 1.82) is 0 Å². The lowest BCUT2D eigenvalue weighted by Gasteiger charge is -2.22. The molecule has 0 spiro atoms. The van der Waals surface area contributed by atoms with E-state index in [1.165, 1.54) is 0 Å². The molecule has 0 fully saturated rings. The van der Waals surface area contributed by atoms with Crippen LogP contribution in [-0.2, 0) is 5.60 Å². The van der Waals surface area contributed by atoms with Crippen LogP contribution < -0.4 is 4.74 Å². The third-order valence-electron chi connectivity index (χ3n) is 3.36. The predicted octanol–water partition coefficient (Wildman–Crippen LogP) is 3.47. The van der Waals surface area contributed by atoms with E-state index >= 15 is 0 Å². The van der Waals surface area contributed by atoms with E-state index in [2.05, 4.69) is 0 Å². The zero-order valence-corrected chi connectivity index (χ0v) is 10.5. The Balaban J connectivity index is 2.52. The van der Waals surface area contributed by atoms with Gasteiger partial charge >= 0.3 is 0 Å². The second-order valence-electron chi connectivity index (χ2n) is 4.56. The van der Waals surface area contributed by atoms with Crippen LogP contribution in [0.3, 0.4) is 0 Å². The Morgan fingerprint density at radius 1 is 1.12 bits per heavy atom. The maximum absolute atomic E-state index is 10.2. The van der Waals surface area contributed by atoms with Crippen molar-refractivity contribution >= 4 is 10.8 Å². The molecule has 1 atom stereocenters. The highest BCUT2D eigenvalue weighted by molar-refractivity contribution is 5.84.